The summed E-state index contributed by atoms with van der Waals surface area (Å²) in [6, 6.07) is 4.20. The van der Waals surface area contributed by atoms with Crippen molar-refractivity contribution in [2.75, 3.05) is 27.2 Å². The van der Waals surface area contributed by atoms with E-state index in [1.807, 2.05) is 34.6 Å². The van der Waals surface area contributed by atoms with Crippen LogP contribution in [0.4, 0.5) is 8.78 Å². The number of likely N-dealkylation sites (N-methyl/N-ethyl adjacent to an activating group) is 2. The standard InChI is InChI=1S/C43H60F2N10O6/c1-22(2)35(50-39(58)23(3)46-8)41(60)52-20-29(56)16-27(52)18-54-33-12-10-25(44)14-31(33)48-37(54)38-49-32-15-26(45)11-13-34(32)55(38)19-28-17-30(57)21-53(28)42(61)36(43(5,6)7)51-40(59)24(4)47-9/h10-15,22-24,27-30,35-36,46-47,56-57H,16-21H2,1-9H3,(H,50,58)(H,51,59)/t23-,24-,27+,28+,29?,30?,35-,36+/m1/s1. The van der Waals surface area contributed by atoms with Crippen LogP contribution in [0.15, 0.2) is 36.4 Å². The van der Waals surface area contributed by atoms with Crippen LogP contribution in [0.1, 0.15) is 61.3 Å². The summed E-state index contributed by atoms with van der Waals surface area (Å²) in [5, 5.41) is 33.6. The second-order valence-corrected chi connectivity index (χ2v) is 18.0. The molecule has 16 nitrogen and oxygen atoms in total. The van der Waals surface area contributed by atoms with Gasteiger partial charge in [0.2, 0.25) is 23.6 Å². The maximum atomic E-state index is 14.8. The summed E-state index contributed by atoms with van der Waals surface area (Å²) in [6.45, 7) is 12.8. The molecule has 2 aliphatic rings. The lowest BCUT2D eigenvalue weighted by Gasteiger charge is -2.36. The van der Waals surface area contributed by atoms with Crippen molar-refractivity contribution in [2.45, 2.75) is 123 Å². The minimum absolute atomic E-state index is 0.0154. The highest BCUT2D eigenvalue weighted by Gasteiger charge is 2.44. The highest BCUT2D eigenvalue weighted by atomic mass is 19.1. The zero-order valence-corrected chi connectivity index (χ0v) is 36.4. The number of aromatic nitrogens is 4. The number of aliphatic hydroxyl groups excluding tert-OH is 2. The number of fused-ring (bicyclic) bond motifs is 2. The van der Waals surface area contributed by atoms with E-state index < -0.39 is 65.5 Å². The first-order chi connectivity index (χ1) is 28.7. The van der Waals surface area contributed by atoms with Crippen molar-refractivity contribution in [3.05, 3.63) is 48.0 Å². The summed E-state index contributed by atoms with van der Waals surface area (Å²) in [5.74, 6) is -2.24. The number of hydrogen-bond acceptors (Lipinski definition) is 10. The second-order valence-electron chi connectivity index (χ2n) is 18.0. The number of amides is 4. The summed E-state index contributed by atoms with van der Waals surface area (Å²) in [5.41, 5.74) is 0.906. The van der Waals surface area contributed by atoms with E-state index >= 15 is 0 Å². The first-order valence-corrected chi connectivity index (χ1v) is 21.0. The molecule has 2 unspecified atom stereocenters. The van der Waals surface area contributed by atoms with Crippen LogP contribution in [-0.2, 0) is 32.3 Å². The van der Waals surface area contributed by atoms with Crippen LogP contribution in [-0.4, -0.2) is 138 Å². The van der Waals surface area contributed by atoms with Crippen molar-refractivity contribution in [1.29, 1.82) is 0 Å². The van der Waals surface area contributed by atoms with Gasteiger partial charge in [0, 0.05) is 38.3 Å². The SMILES string of the molecule is CN[C@H](C)C(=O)N[C@@H](C(=O)N1CC(O)C[C@H]1Cn1c(-c2nc3cc(F)ccc3n2C[C@@H]2CC(O)CN2C(=O)[C@H](NC(=O)[C@@H](C)NC)C(C)(C)C)nc2cc(F)ccc21)C(C)C. The van der Waals surface area contributed by atoms with E-state index in [9.17, 15) is 38.2 Å². The molecule has 6 rings (SSSR count). The van der Waals surface area contributed by atoms with E-state index in [0.29, 0.717) is 11.0 Å². The summed E-state index contributed by atoms with van der Waals surface area (Å²) in [7, 11) is 3.30. The van der Waals surface area contributed by atoms with Crippen molar-refractivity contribution in [3.63, 3.8) is 0 Å². The van der Waals surface area contributed by atoms with Gasteiger partial charge in [-0.2, -0.15) is 0 Å². The summed E-state index contributed by atoms with van der Waals surface area (Å²) in [6.07, 6.45) is -1.33. The van der Waals surface area contributed by atoms with Gasteiger partial charge < -0.3 is 50.4 Å². The lowest BCUT2D eigenvalue weighted by atomic mass is 9.85. The zero-order chi connectivity index (χ0) is 44.7. The van der Waals surface area contributed by atoms with Crippen LogP contribution in [0.25, 0.3) is 33.7 Å². The molecule has 332 valence electrons. The fraction of sp³-hybridized carbons (Fsp3) is 0.581. The minimum atomic E-state index is -0.932. The fourth-order valence-electron chi connectivity index (χ4n) is 8.32. The first kappa shape index (κ1) is 45.5. The Labute approximate surface area is 354 Å². The number of carbonyl (C=O) groups is 4. The predicted octanol–water partition coefficient (Wildman–Crippen LogP) is 2.14. The lowest BCUT2D eigenvalue weighted by molar-refractivity contribution is -0.141. The number of benzene rings is 2. The molecule has 2 aromatic heterocycles. The molecule has 4 amide bonds. The Kier molecular flexibility index (Phi) is 13.5. The molecular weight excluding hydrogens is 791 g/mol. The van der Waals surface area contributed by atoms with Crippen LogP contribution in [0, 0.1) is 23.0 Å². The summed E-state index contributed by atoms with van der Waals surface area (Å²) in [4.78, 5) is 67.7. The van der Waals surface area contributed by atoms with Gasteiger partial charge in [-0.1, -0.05) is 34.6 Å². The van der Waals surface area contributed by atoms with Gasteiger partial charge >= 0.3 is 0 Å². The van der Waals surface area contributed by atoms with Crippen LogP contribution >= 0.6 is 0 Å². The Morgan fingerprint density at radius 2 is 1.15 bits per heavy atom. The Bertz CT molecular complexity index is 2270. The molecule has 0 spiro atoms. The number of imidazole rings is 2. The molecule has 2 aromatic carbocycles. The molecule has 0 bridgehead atoms. The molecule has 4 heterocycles. The topological polar surface area (TPSA) is 199 Å². The van der Waals surface area contributed by atoms with Crippen LogP contribution < -0.4 is 21.3 Å². The van der Waals surface area contributed by atoms with E-state index in [4.69, 9.17) is 9.97 Å². The van der Waals surface area contributed by atoms with E-state index in [1.165, 1.54) is 24.3 Å². The number of hydrogen-bond donors (Lipinski definition) is 6. The monoisotopic (exact) mass is 850 g/mol. The van der Waals surface area contributed by atoms with Gasteiger partial charge in [0.1, 0.15) is 23.7 Å². The first-order valence-electron chi connectivity index (χ1n) is 21.0. The average Bonchev–Trinajstić information content (AvgIpc) is 3.96. The fourth-order valence-corrected chi connectivity index (χ4v) is 8.32. The van der Waals surface area contributed by atoms with Crippen LogP contribution in [0.3, 0.4) is 0 Å². The Morgan fingerprint density at radius 1 is 0.721 bits per heavy atom. The Morgan fingerprint density at radius 3 is 1.56 bits per heavy atom. The molecule has 2 aliphatic heterocycles. The Hall–Kier alpha value is -5.04. The molecule has 8 atom stereocenters. The molecule has 0 radical (unpaired) electrons. The third-order valence-electron chi connectivity index (χ3n) is 12.0. The number of carbonyl (C=O) groups excluding carboxylic acids is 4. The highest BCUT2D eigenvalue weighted by Crippen LogP contribution is 2.34. The number of β-amino-alcohol motifs (C(OH)–C–C–N with tert-alkyl or cyclic N) is 2. The second kappa shape index (κ2) is 18.1. The number of halogens is 2. The highest BCUT2D eigenvalue weighted by molar-refractivity contribution is 5.91. The van der Waals surface area contributed by atoms with Gasteiger partial charge in [-0.3, -0.25) is 19.2 Å². The molecule has 2 fully saturated rings. The number of likely N-dealkylation sites (tertiary alicyclic amines) is 2. The van der Waals surface area contributed by atoms with E-state index in [-0.39, 0.29) is 91.2 Å². The van der Waals surface area contributed by atoms with E-state index in [2.05, 4.69) is 21.3 Å². The van der Waals surface area contributed by atoms with Crippen molar-refractivity contribution >= 4 is 45.7 Å². The van der Waals surface area contributed by atoms with Crippen molar-refractivity contribution < 1.29 is 38.2 Å². The van der Waals surface area contributed by atoms with Crippen molar-refractivity contribution in [1.82, 2.24) is 50.2 Å². The molecule has 2 saturated heterocycles. The van der Waals surface area contributed by atoms with Gasteiger partial charge in [0.15, 0.2) is 11.6 Å². The third-order valence-corrected chi connectivity index (χ3v) is 12.0. The van der Waals surface area contributed by atoms with Crippen LogP contribution in [0.2, 0.25) is 0 Å². The number of nitrogens with zero attached hydrogens (tertiary/aromatic N) is 6. The smallest absolute Gasteiger partial charge is 0.246 e. The predicted molar refractivity (Wildman–Crippen MR) is 226 cm³/mol. The van der Waals surface area contributed by atoms with Crippen LogP contribution in [0.5, 0.6) is 0 Å². The number of aliphatic hydroxyl groups is 2. The lowest BCUT2D eigenvalue weighted by Crippen LogP contribution is -2.58. The largest absolute Gasteiger partial charge is 0.391 e. The normalized spacial score (nSPS) is 21.6. The number of rotatable bonds is 14. The summed E-state index contributed by atoms with van der Waals surface area (Å²) >= 11 is 0. The molecule has 0 aliphatic carbocycles. The van der Waals surface area contributed by atoms with Crippen molar-refractivity contribution in [2.24, 2.45) is 11.3 Å². The number of nitrogens with one attached hydrogen (secondary N) is 4. The van der Waals surface area contributed by atoms with Gasteiger partial charge in [0.05, 0.1) is 58.4 Å². The minimum Gasteiger partial charge on any atom is -0.391 e. The maximum Gasteiger partial charge on any atom is 0.246 e. The molecular formula is C43H60F2N10O6. The molecule has 18 heteroatoms. The van der Waals surface area contributed by atoms with Gasteiger partial charge in [-0.25, -0.2) is 18.7 Å². The van der Waals surface area contributed by atoms with Gasteiger partial charge in [-0.05, 0) is 76.4 Å². The molecule has 6 N–H and O–H groups in total. The summed E-state index contributed by atoms with van der Waals surface area (Å²) < 4.78 is 33.3. The zero-order valence-electron chi connectivity index (χ0n) is 36.4. The molecule has 4 aromatic rings. The molecule has 0 saturated carbocycles. The van der Waals surface area contributed by atoms with Gasteiger partial charge in [0.25, 0.3) is 0 Å². The maximum absolute atomic E-state index is 14.8. The Balaban J connectivity index is 1.42. The van der Waals surface area contributed by atoms with E-state index in [0.717, 1.165) is 0 Å². The molecule has 61 heavy (non-hydrogen) atoms. The third kappa shape index (κ3) is 9.56. The average molecular weight is 851 g/mol. The van der Waals surface area contributed by atoms with Gasteiger partial charge in [-0.15, -0.1) is 0 Å². The quantitative estimate of drug-likeness (QED) is 0.109. The van der Waals surface area contributed by atoms with E-state index in [1.54, 1.807) is 59.0 Å². The van der Waals surface area contributed by atoms with Crippen molar-refractivity contribution in [3.8, 4) is 11.6 Å².